The van der Waals surface area contributed by atoms with Gasteiger partial charge in [-0.05, 0) is 0 Å². The number of carboxylic acids is 1. The van der Waals surface area contributed by atoms with Crippen molar-refractivity contribution in [1.29, 1.82) is 0 Å². The summed E-state index contributed by atoms with van der Waals surface area (Å²) in [6.45, 7) is 0. The van der Waals surface area contributed by atoms with Crippen LogP contribution in [0.4, 0.5) is 0 Å². The topological polar surface area (TPSA) is 63.3 Å². The molecule has 3 nitrogen and oxygen atoms in total. The summed E-state index contributed by atoms with van der Waals surface area (Å²) >= 11 is 0. The van der Waals surface area contributed by atoms with Crippen LogP contribution in [0.1, 0.15) is 6.42 Å². The molecule has 0 aliphatic heterocycles. The van der Waals surface area contributed by atoms with Crippen molar-refractivity contribution in [3.8, 4) is 0 Å². The van der Waals surface area contributed by atoms with Crippen LogP contribution in [0.2, 0.25) is 6.32 Å². The fourth-order valence-corrected chi connectivity index (χ4v) is 0.308. The second-order valence-electron chi connectivity index (χ2n) is 1.59. The highest BCUT2D eigenvalue weighted by Gasteiger charge is 2.02. The van der Waals surface area contributed by atoms with Crippen molar-refractivity contribution >= 4 is 13.8 Å². The van der Waals surface area contributed by atoms with Crippen molar-refractivity contribution in [3.63, 3.8) is 0 Å². The number of carboxylic acid groups (broad SMARTS) is 1. The first-order valence-corrected chi connectivity index (χ1v) is 2.34. The van der Waals surface area contributed by atoms with E-state index in [0.29, 0.717) is 0 Å². The van der Waals surface area contributed by atoms with Gasteiger partial charge in [-0.15, -0.1) is 0 Å². The lowest BCUT2D eigenvalue weighted by Gasteiger charge is -2.01. The van der Waals surface area contributed by atoms with Crippen LogP contribution < -0.4 is 5.73 Å². The Labute approximate surface area is 49.3 Å². The van der Waals surface area contributed by atoms with Crippen LogP contribution in [0.5, 0.6) is 0 Å². The van der Waals surface area contributed by atoms with E-state index in [1.807, 2.05) is 0 Å². The van der Waals surface area contributed by atoms with Gasteiger partial charge in [0.05, 0.1) is 14.3 Å². The quantitative estimate of drug-likeness (QED) is 0.479. The van der Waals surface area contributed by atoms with E-state index in [4.69, 9.17) is 18.7 Å². The van der Waals surface area contributed by atoms with Gasteiger partial charge in [0.15, 0.2) is 0 Å². The van der Waals surface area contributed by atoms with Crippen molar-refractivity contribution in [2.24, 2.45) is 5.73 Å². The lowest BCUT2D eigenvalue weighted by molar-refractivity contribution is -0.137. The van der Waals surface area contributed by atoms with E-state index in [0.717, 1.165) is 0 Å². The average molecular weight is 113 g/mol. The van der Waals surface area contributed by atoms with Crippen LogP contribution in [0.15, 0.2) is 0 Å². The molecule has 0 spiro atoms. The second-order valence-corrected chi connectivity index (χ2v) is 1.59. The van der Waals surface area contributed by atoms with Crippen molar-refractivity contribution < 1.29 is 9.90 Å². The van der Waals surface area contributed by atoms with Crippen LogP contribution in [-0.4, -0.2) is 25.0 Å². The maximum Gasteiger partial charge on any atom is 0.304 e. The summed E-state index contributed by atoms with van der Waals surface area (Å²) in [5.74, 6) is -0.900. The number of rotatable bonds is 3. The first-order chi connectivity index (χ1) is 3.66. The van der Waals surface area contributed by atoms with Gasteiger partial charge in [0, 0.05) is 6.04 Å². The molecule has 0 aliphatic rings. The zero-order chi connectivity index (χ0) is 6.57. The molecule has 0 saturated heterocycles. The molecular formula is C4H8BNO2. The van der Waals surface area contributed by atoms with Gasteiger partial charge in [-0.1, -0.05) is 6.32 Å². The fraction of sp³-hybridized carbons (Fsp3) is 0.750. The Morgan fingerprint density at radius 1 is 1.88 bits per heavy atom. The average Bonchev–Trinajstić information content (AvgIpc) is 1.65. The SMILES string of the molecule is [B]CC(N)CC(=O)O. The van der Waals surface area contributed by atoms with Crippen molar-refractivity contribution in [2.45, 2.75) is 18.8 Å². The van der Waals surface area contributed by atoms with Crippen LogP contribution in [0, 0.1) is 0 Å². The van der Waals surface area contributed by atoms with E-state index in [-0.39, 0.29) is 12.7 Å². The molecule has 0 heterocycles. The molecule has 0 fully saturated rings. The summed E-state index contributed by atoms with van der Waals surface area (Å²) in [6.07, 6.45) is 0.183. The van der Waals surface area contributed by atoms with Crippen LogP contribution in [0.3, 0.4) is 0 Å². The normalized spacial score (nSPS) is 13.1. The van der Waals surface area contributed by atoms with Crippen LogP contribution in [0.25, 0.3) is 0 Å². The molecule has 3 N–H and O–H groups in total. The molecule has 1 atom stereocenters. The molecule has 0 aromatic heterocycles. The minimum atomic E-state index is -0.900. The van der Waals surface area contributed by atoms with E-state index >= 15 is 0 Å². The third-order valence-corrected chi connectivity index (χ3v) is 0.740. The Hall–Kier alpha value is -0.505. The highest BCUT2D eigenvalue weighted by molar-refractivity contribution is 6.09. The van der Waals surface area contributed by atoms with Crippen molar-refractivity contribution in [2.75, 3.05) is 0 Å². The van der Waals surface area contributed by atoms with E-state index in [1.165, 1.54) is 0 Å². The van der Waals surface area contributed by atoms with Gasteiger partial charge in [-0.2, -0.15) is 0 Å². The third-order valence-electron chi connectivity index (χ3n) is 0.740. The predicted molar refractivity (Wildman–Crippen MR) is 30.8 cm³/mol. The molecule has 0 aromatic rings. The Morgan fingerprint density at radius 2 is 2.38 bits per heavy atom. The maximum atomic E-state index is 9.83. The molecule has 44 valence electrons. The maximum absolute atomic E-state index is 9.83. The molecule has 0 aliphatic carbocycles. The monoisotopic (exact) mass is 113 g/mol. The predicted octanol–water partition coefficient (Wildman–Crippen LogP) is -0.625. The molecule has 4 heteroatoms. The molecule has 8 heavy (non-hydrogen) atoms. The fourth-order valence-electron chi connectivity index (χ4n) is 0.308. The summed E-state index contributed by atoms with van der Waals surface area (Å²) in [7, 11) is 5.03. The number of nitrogens with two attached hydrogens (primary N) is 1. The van der Waals surface area contributed by atoms with Gasteiger partial charge < -0.3 is 10.8 Å². The minimum Gasteiger partial charge on any atom is -0.481 e. The van der Waals surface area contributed by atoms with Gasteiger partial charge >= 0.3 is 5.97 Å². The summed E-state index contributed by atoms with van der Waals surface area (Å²) in [5, 5.41) is 8.08. The Morgan fingerprint density at radius 3 is 2.50 bits per heavy atom. The van der Waals surface area contributed by atoms with Gasteiger partial charge in [0.25, 0.3) is 0 Å². The summed E-state index contributed by atoms with van der Waals surface area (Å²) in [6, 6.07) is -0.396. The van der Waals surface area contributed by atoms with Crippen molar-refractivity contribution in [3.05, 3.63) is 0 Å². The number of carbonyl (C=O) groups is 1. The van der Waals surface area contributed by atoms with Gasteiger partial charge in [-0.25, -0.2) is 0 Å². The standard InChI is InChI=1S/C4H8BNO2/c5-2-3(6)1-4(7)8/h3H,1-2,6H2,(H,7,8). The highest BCUT2D eigenvalue weighted by Crippen LogP contribution is 1.89. The zero-order valence-corrected chi connectivity index (χ0v) is 4.50. The first kappa shape index (κ1) is 7.49. The lowest BCUT2D eigenvalue weighted by Crippen LogP contribution is -2.22. The second kappa shape index (κ2) is 3.49. The Bertz CT molecular complexity index is 86.1. The zero-order valence-electron chi connectivity index (χ0n) is 4.50. The number of hydrogen-bond acceptors (Lipinski definition) is 2. The minimum absolute atomic E-state index is 0.0451. The molecule has 2 radical (unpaired) electrons. The van der Waals surface area contributed by atoms with E-state index in [9.17, 15) is 4.79 Å². The highest BCUT2D eigenvalue weighted by atomic mass is 16.4. The summed E-state index contributed by atoms with van der Waals surface area (Å²) in [4.78, 5) is 9.83. The molecule has 0 saturated carbocycles. The lowest BCUT2D eigenvalue weighted by atomic mass is 9.96. The third kappa shape index (κ3) is 3.68. The first-order valence-electron chi connectivity index (χ1n) is 2.34. The molecule has 0 amide bonds. The molecule has 0 bridgehead atoms. The van der Waals surface area contributed by atoms with E-state index in [2.05, 4.69) is 0 Å². The largest absolute Gasteiger partial charge is 0.481 e. The molecule has 0 aromatic carbocycles. The molecule has 1 unspecified atom stereocenters. The van der Waals surface area contributed by atoms with Crippen LogP contribution >= 0.6 is 0 Å². The van der Waals surface area contributed by atoms with Crippen molar-refractivity contribution in [1.82, 2.24) is 0 Å². The van der Waals surface area contributed by atoms with E-state index in [1.54, 1.807) is 0 Å². The smallest absolute Gasteiger partial charge is 0.304 e. The summed E-state index contributed by atoms with van der Waals surface area (Å²) in [5.41, 5.74) is 5.17. The number of aliphatic carboxylic acids is 1. The molecule has 0 rings (SSSR count). The molecular weight excluding hydrogens is 105 g/mol. The Kier molecular flexibility index (Phi) is 3.27. The van der Waals surface area contributed by atoms with Gasteiger partial charge in [0.2, 0.25) is 0 Å². The number of hydrogen-bond donors (Lipinski definition) is 2. The van der Waals surface area contributed by atoms with E-state index < -0.39 is 12.0 Å². The van der Waals surface area contributed by atoms with Gasteiger partial charge in [-0.3, -0.25) is 4.79 Å². The van der Waals surface area contributed by atoms with Crippen LogP contribution in [-0.2, 0) is 4.79 Å². The summed E-state index contributed by atoms with van der Waals surface area (Å²) < 4.78 is 0. The Balaban J connectivity index is 3.24. The van der Waals surface area contributed by atoms with Gasteiger partial charge in [0.1, 0.15) is 0 Å².